The molecule has 2 atom stereocenters. The van der Waals surface area contributed by atoms with Gasteiger partial charge >= 0.3 is 12.1 Å². The fourth-order valence-corrected chi connectivity index (χ4v) is 3.04. The summed E-state index contributed by atoms with van der Waals surface area (Å²) in [6.45, 7) is 0.0726. The third-order valence-corrected chi connectivity index (χ3v) is 4.72. The lowest BCUT2D eigenvalue weighted by molar-refractivity contribution is -0.145. The lowest BCUT2D eigenvalue weighted by Gasteiger charge is -2.22. The van der Waals surface area contributed by atoms with Crippen LogP contribution in [0.5, 0.6) is 0 Å². The molecule has 32 heavy (non-hydrogen) atoms. The Bertz CT molecular complexity index is 909. The molecule has 2 N–H and O–H groups in total. The van der Waals surface area contributed by atoms with E-state index in [0.29, 0.717) is 19.3 Å². The number of amides is 2. The first-order valence-electron chi connectivity index (χ1n) is 10.4. The van der Waals surface area contributed by atoms with Crippen LogP contribution in [0.4, 0.5) is 4.79 Å². The number of hydrogen-bond donors (Lipinski definition) is 2. The number of benzene rings is 2. The molecular formula is C25H28N2O5. The average molecular weight is 437 g/mol. The molecule has 0 saturated heterocycles. The van der Waals surface area contributed by atoms with Gasteiger partial charge in [0.05, 0.1) is 7.11 Å². The van der Waals surface area contributed by atoms with Gasteiger partial charge in [0.2, 0.25) is 5.91 Å². The van der Waals surface area contributed by atoms with Crippen molar-refractivity contribution in [1.29, 1.82) is 0 Å². The van der Waals surface area contributed by atoms with Gasteiger partial charge in [-0.25, -0.2) is 9.59 Å². The Balaban J connectivity index is 2.06. The molecule has 0 aliphatic carbocycles. The molecule has 0 bridgehead atoms. The van der Waals surface area contributed by atoms with E-state index in [-0.39, 0.29) is 13.0 Å². The molecule has 2 aromatic carbocycles. The second-order valence-corrected chi connectivity index (χ2v) is 7.13. The molecule has 0 aromatic heterocycles. The number of alkyl carbamates (subject to hydrolysis) is 1. The average Bonchev–Trinajstić information content (AvgIpc) is 2.82. The van der Waals surface area contributed by atoms with Crippen LogP contribution in [0.25, 0.3) is 0 Å². The number of hydrogen-bond acceptors (Lipinski definition) is 5. The van der Waals surface area contributed by atoms with Crippen LogP contribution in [0.3, 0.4) is 0 Å². The maximum Gasteiger partial charge on any atom is 0.408 e. The van der Waals surface area contributed by atoms with Crippen LogP contribution in [0, 0.1) is 12.3 Å². The number of rotatable bonds is 11. The summed E-state index contributed by atoms with van der Waals surface area (Å²) in [4.78, 5) is 37.5. The van der Waals surface area contributed by atoms with E-state index in [1.54, 1.807) is 0 Å². The van der Waals surface area contributed by atoms with Crippen molar-refractivity contribution in [2.24, 2.45) is 0 Å². The van der Waals surface area contributed by atoms with Crippen LogP contribution in [0.1, 0.15) is 30.4 Å². The Morgan fingerprint density at radius 3 is 2.16 bits per heavy atom. The normalized spacial score (nSPS) is 12.0. The largest absolute Gasteiger partial charge is 0.467 e. The fourth-order valence-electron chi connectivity index (χ4n) is 3.04. The Hall–Kier alpha value is -3.79. The highest BCUT2D eigenvalue weighted by Crippen LogP contribution is 2.08. The smallest absolute Gasteiger partial charge is 0.408 e. The quantitative estimate of drug-likeness (QED) is 0.321. The topological polar surface area (TPSA) is 93.7 Å². The molecule has 0 aliphatic heterocycles. The second-order valence-electron chi connectivity index (χ2n) is 7.13. The molecule has 7 nitrogen and oxygen atoms in total. The van der Waals surface area contributed by atoms with Crippen LogP contribution >= 0.6 is 0 Å². The van der Waals surface area contributed by atoms with Crippen LogP contribution in [0.15, 0.2) is 60.7 Å². The zero-order valence-electron chi connectivity index (χ0n) is 18.1. The lowest BCUT2D eigenvalue weighted by Crippen LogP contribution is -2.52. The monoisotopic (exact) mass is 436 g/mol. The number of terminal acetylenes is 1. The van der Waals surface area contributed by atoms with Crippen molar-refractivity contribution in [2.75, 3.05) is 7.11 Å². The summed E-state index contributed by atoms with van der Waals surface area (Å²) in [5, 5.41) is 5.28. The zero-order valence-corrected chi connectivity index (χ0v) is 18.1. The lowest BCUT2D eigenvalue weighted by atomic mass is 10.0. The minimum atomic E-state index is -0.944. The van der Waals surface area contributed by atoms with E-state index >= 15 is 0 Å². The van der Waals surface area contributed by atoms with Gasteiger partial charge < -0.3 is 20.1 Å². The summed E-state index contributed by atoms with van der Waals surface area (Å²) in [5.74, 6) is 1.42. The van der Waals surface area contributed by atoms with E-state index in [9.17, 15) is 14.4 Å². The zero-order chi connectivity index (χ0) is 23.2. The first kappa shape index (κ1) is 24.5. The third kappa shape index (κ3) is 8.52. The second kappa shape index (κ2) is 13.5. The van der Waals surface area contributed by atoms with Gasteiger partial charge in [-0.1, -0.05) is 60.7 Å². The van der Waals surface area contributed by atoms with Crippen molar-refractivity contribution < 1.29 is 23.9 Å². The Kier molecular flexibility index (Phi) is 10.3. The van der Waals surface area contributed by atoms with Crippen LogP contribution in [0.2, 0.25) is 0 Å². The van der Waals surface area contributed by atoms with E-state index in [1.165, 1.54) is 7.11 Å². The molecule has 0 radical (unpaired) electrons. The van der Waals surface area contributed by atoms with E-state index in [2.05, 4.69) is 16.6 Å². The Morgan fingerprint density at radius 1 is 0.938 bits per heavy atom. The summed E-state index contributed by atoms with van der Waals surface area (Å²) in [6, 6.07) is 16.7. The molecule has 0 fully saturated rings. The summed E-state index contributed by atoms with van der Waals surface area (Å²) >= 11 is 0. The maximum atomic E-state index is 13.0. The number of unbranched alkanes of at least 4 members (excludes halogenated alkanes) is 1. The molecule has 2 rings (SSSR count). The Labute approximate surface area is 188 Å². The molecule has 0 unspecified atom stereocenters. The predicted molar refractivity (Wildman–Crippen MR) is 120 cm³/mol. The number of ether oxygens (including phenoxy) is 2. The fraction of sp³-hybridized carbons (Fsp3) is 0.320. The van der Waals surface area contributed by atoms with Gasteiger partial charge in [0.15, 0.2) is 0 Å². The van der Waals surface area contributed by atoms with Crippen molar-refractivity contribution in [3.8, 4) is 12.3 Å². The maximum absolute atomic E-state index is 13.0. The number of esters is 1. The SMILES string of the molecule is C#CCCC[C@H](NC(=O)[C@H](Cc1ccccc1)NC(=O)OCc1ccccc1)C(=O)OC. The van der Waals surface area contributed by atoms with E-state index in [0.717, 1.165) is 11.1 Å². The van der Waals surface area contributed by atoms with Crippen LogP contribution < -0.4 is 10.6 Å². The standard InChI is InChI=1S/C25H28N2O5/c1-3-4-7-16-21(24(29)31-2)26-23(28)22(17-19-12-8-5-9-13-19)27-25(30)32-18-20-14-10-6-11-15-20/h1,5-6,8-15,21-22H,4,7,16-18H2,2H3,(H,26,28)(H,27,30)/t21-,22-/m0/s1. The molecule has 2 amide bonds. The summed E-state index contributed by atoms with van der Waals surface area (Å²) in [6.07, 6.45) is 6.12. The summed E-state index contributed by atoms with van der Waals surface area (Å²) in [7, 11) is 1.25. The van der Waals surface area contributed by atoms with Crippen LogP contribution in [-0.2, 0) is 32.1 Å². The van der Waals surface area contributed by atoms with Crippen LogP contribution in [-0.4, -0.2) is 37.2 Å². The van der Waals surface area contributed by atoms with Gasteiger partial charge in [-0.2, -0.15) is 0 Å². The van der Waals surface area contributed by atoms with Gasteiger partial charge in [-0.3, -0.25) is 4.79 Å². The summed E-state index contributed by atoms with van der Waals surface area (Å²) < 4.78 is 10.0. The van der Waals surface area contributed by atoms with Gasteiger partial charge in [0.1, 0.15) is 18.7 Å². The molecular weight excluding hydrogens is 408 g/mol. The highest BCUT2D eigenvalue weighted by molar-refractivity contribution is 5.89. The Morgan fingerprint density at radius 2 is 1.56 bits per heavy atom. The minimum Gasteiger partial charge on any atom is -0.467 e. The first-order chi connectivity index (χ1) is 15.5. The summed E-state index contributed by atoms with van der Waals surface area (Å²) in [5.41, 5.74) is 1.67. The third-order valence-electron chi connectivity index (χ3n) is 4.72. The van der Waals surface area contributed by atoms with Crippen molar-refractivity contribution in [3.63, 3.8) is 0 Å². The first-order valence-corrected chi connectivity index (χ1v) is 10.4. The van der Waals surface area contributed by atoms with Gasteiger partial charge in [-0.05, 0) is 24.0 Å². The highest BCUT2D eigenvalue weighted by Gasteiger charge is 2.27. The highest BCUT2D eigenvalue weighted by atomic mass is 16.5. The minimum absolute atomic E-state index is 0.0726. The van der Waals surface area contributed by atoms with E-state index in [1.807, 2.05) is 60.7 Å². The molecule has 0 aliphatic rings. The number of carbonyl (C=O) groups is 3. The van der Waals surface area contributed by atoms with Gasteiger partial charge in [0.25, 0.3) is 0 Å². The van der Waals surface area contributed by atoms with Crippen molar-refractivity contribution in [1.82, 2.24) is 10.6 Å². The molecule has 0 saturated carbocycles. The van der Waals surface area contributed by atoms with E-state index < -0.39 is 30.1 Å². The van der Waals surface area contributed by atoms with E-state index in [4.69, 9.17) is 15.9 Å². The number of methoxy groups -OCH3 is 1. The van der Waals surface area contributed by atoms with Gasteiger partial charge in [-0.15, -0.1) is 12.3 Å². The van der Waals surface area contributed by atoms with Crippen molar-refractivity contribution in [2.45, 2.75) is 44.4 Å². The predicted octanol–water partition coefficient (Wildman–Crippen LogP) is 2.99. The molecule has 168 valence electrons. The van der Waals surface area contributed by atoms with Crippen molar-refractivity contribution in [3.05, 3.63) is 71.8 Å². The molecule has 0 spiro atoms. The van der Waals surface area contributed by atoms with Gasteiger partial charge in [0, 0.05) is 12.8 Å². The molecule has 7 heteroatoms. The number of carbonyl (C=O) groups excluding carboxylic acids is 3. The van der Waals surface area contributed by atoms with Crippen molar-refractivity contribution >= 4 is 18.0 Å². The molecule has 2 aromatic rings. The molecule has 0 heterocycles. The number of nitrogens with one attached hydrogen (secondary N) is 2.